The molecule has 0 unspecified atom stereocenters. The van der Waals surface area contributed by atoms with E-state index >= 15 is 0 Å². The van der Waals surface area contributed by atoms with Crippen LogP contribution in [0.15, 0.2) is 54.6 Å². The van der Waals surface area contributed by atoms with Gasteiger partial charge in [0.15, 0.2) is 5.69 Å². The molecule has 0 spiro atoms. The van der Waals surface area contributed by atoms with E-state index in [0.717, 1.165) is 5.75 Å². The van der Waals surface area contributed by atoms with Gasteiger partial charge in [-0.2, -0.15) is 5.10 Å². The summed E-state index contributed by atoms with van der Waals surface area (Å²) in [6.07, 6.45) is 0. The molecule has 1 aliphatic heterocycles. The summed E-state index contributed by atoms with van der Waals surface area (Å²) in [5.74, 6) is 1.37. The van der Waals surface area contributed by atoms with Crippen LogP contribution in [-0.2, 0) is 0 Å². The van der Waals surface area contributed by atoms with E-state index in [0.29, 0.717) is 29.4 Å². The van der Waals surface area contributed by atoms with Crippen LogP contribution < -0.4 is 0 Å². The number of rotatable bonds is 4. The molecule has 3 aromatic rings. The molecule has 1 aliphatic rings. The van der Waals surface area contributed by atoms with Crippen LogP contribution in [0.25, 0.3) is 16.9 Å². The third-order valence-corrected chi connectivity index (χ3v) is 5.36. The van der Waals surface area contributed by atoms with E-state index in [4.69, 9.17) is 0 Å². The maximum absolute atomic E-state index is 12.8. The van der Waals surface area contributed by atoms with Crippen molar-refractivity contribution in [2.45, 2.75) is 0 Å². The Hall–Kier alpha value is -3.33. The van der Waals surface area contributed by atoms with Gasteiger partial charge in [-0.3, -0.25) is 14.9 Å². The van der Waals surface area contributed by atoms with Crippen LogP contribution in [0.1, 0.15) is 10.5 Å². The van der Waals surface area contributed by atoms with Gasteiger partial charge >= 0.3 is 0 Å². The molecule has 8 nitrogen and oxygen atoms in total. The summed E-state index contributed by atoms with van der Waals surface area (Å²) in [6.45, 7) is 0.661. The number of carbonyl (C=O) groups excluding carboxylic acids is 1. The second kappa shape index (κ2) is 7.35. The van der Waals surface area contributed by atoms with Crippen LogP contribution in [0.2, 0.25) is 0 Å². The third-order valence-electron chi connectivity index (χ3n) is 4.40. The number of phenols is 1. The fraction of sp³-hybridized carbons (Fsp3) is 0.158. The lowest BCUT2D eigenvalue weighted by molar-refractivity contribution is -0.384. The van der Waals surface area contributed by atoms with E-state index in [1.54, 1.807) is 47.0 Å². The molecular formula is C19H16N4O4S. The molecule has 1 amide bonds. The number of aromatic hydroxyl groups is 1. The van der Waals surface area contributed by atoms with Gasteiger partial charge < -0.3 is 10.0 Å². The van der Waals surface area contributed by atoms with E-state index in [9.17, 15) is 20.0 Å². The van der Waals surface area contributed by atoms with E-state index in [1.165, 1.54) is 28.9 Å². The van der Waals surface area contributed by atoms with Crippen molar-refractivity contribution in [3.05, 3.63) is 70.4 Å². The Kier molecular flexibility index (Phi) is 4.74. The molecule has 9 heteroatoms. The Morgan fingerprint density at radius 2 is 2.00 bits per heavy atom. The van der Waals surface area contributed by atoms with Crippen molar-refractivity contribution < 1.29 is 14.8 Å². The average molecular weight is 396 g/mol. The first kappa shape index (κ1) is 18.1. The highest BCUT2D eigenvalue weighted by molar-refractivity contribution is 7.99. The molecule has 1 aromatic heterocycles. The van der Waals surface area contributed by atoms with Crippen molar-refractivity contribution in [2.24, 2.45) is 0 Å². The molecular weight excluding hydrogens is 380 g/mol. The summed E-state index contributed by atoms with van der Waals surface area (Å²) >= 11 is 1.68. The fourth-order valence-electron chi connectivity index (χ4n) is 3.03. The van der Waals surface area contributed by atoms with Gasteiger partial charge in [0.1, 0.15) is 5.75 Å². The van der Waals surface area contributed by atoms with Crippen LogP contribution in [0.5, 0.6) is 5.75 Å². The first-order valence-corrected chi connectivity index (χ1v) is 9.70. The van der Waals surface area contributed by atoms with Gasteiger partial charge in [-0.05, 0) is 18.2 Å². The Morgan fingerprint density at radius 1 is 1.18 bits per heavy atom. The van der Waals surface area contributed by atoms with Gasteiger partial charge in [0.25, 0.3) is 11.6 Å². The van der Waals surface area contributed by atoms with E-state index in [1.807, 2.05) is 0 Å². The van der Waals surface area contributed by atoms with Gasteiger partial charge in [-0.25, -0.2) is 4.68 Å². The number of benzene rings is 2. The largest absolute Gasteiger partial charge is 0.508 e. The van der Waals surface area contributed by atoms with Crippen molar-refractivity contribution in [3.63, 3.8) is 0 Å². The van der Waals surface area contributed by atoms with Crippen LogP contribution in [0.4, 0.5) is 5.69 Å². The molecule has 0 bridgehead atoms. The lowest BCUT2D eigenvalue weighted by Crippen LogP contribution is -2.28. The lowest BCUT2D eigenvalue weighted by Gasteiger charge is -2.11. The molecule has 2 heterocycles. The average Bonchev–Trinajstić information content (AvgIpc) is 3.38. The summed E-state index contributed by atoms with van der Waals surface area (Å²) in [7, 11) is 0. The van der Waals surface area contributed by atoms with Crippen molar-refractivity contribution >= 4 is 23.4 Å². The molecule has 2 aromatic carbocycles. The Labute approximate surface area is 164 Å². The van der Waals surface area contributed by atoms with Crippen LogP contribution in [-0.4, -0.2) is 48.8 Å². The van der Waals surface area contributed by atoms with Gasteiger partial charge in [0, 0.05) is 36.1 Å². The second-order valence-corrected chi connectivity index (χ2v) is 7.33. The number of aromatic nitrogens is 2. The SMILES string of the molecule is O=C(c1cc(-c2cccc([N+](=O)[O-])c2)n(-c2cccc(O)c2)n1)N1CCSC1. The molecule has 1 N–H and O–H groups in total. The van der Waals surface area contributed by atoms with Crippen LogP contribution in [0.3, 0.4) is 0 Å². The smallest absolute Gasteiger partial charge is 0.275 e. The molecule has 0 saturated carbocycles. The van der Waals surface area contributed by atoms with Gasteiger partial charge in [-0.15, -0.1) is 11.8 Å². The number of non-ortho nitro benzene ring substituents is 1. The zero-order chi connectivity index (χ0) is 19.7. The van der Waals surface area contributed by atoms with Crippen molar-refractivity contribution in [3.8, 4) is 22.7 Å². The van der Waals surface area contributed by atoms with Crippen LogP contribution in [0, 0.1) is 10.1 Å². The lowest BCUT2D eigenvalue weighted by atomic mass is 10.1. The Bertz CT molecular complexity index is 1060. The summed E-state index contributed by atoms with van der Waals surface area (Å²) in [6, 6.07) is 14.3. The number of nitro groups is 1. The minimum absolute atomic E-state index is 0.0509. The van der Waals surface area contributed by atoms with Crippen molar-refractivity contribution in [2.75, 3.05) is 18.2 Å². The summed E-state index contributed by atoms with van der Waals surface area (Å²) in [5.41, 5.74) is 1.85. The molecule has 28 heavy (non-hydrogen) atoms. The fourth-order valence-corrected chi connectivity index (χ4v) is 3.97. The number of amides is 1. The van der Waals surface area contributed by atoms with Gasteiger partial charge in [0.05, 0.1) is 22.2 Å². The first-order chi connectivity index (χ1) is 13.5. The quantitative estimate of drug-likeness (QED) is 0.536. The predicted octanol–water partition coefficient (Wildman–Crippen LogP) is 3.30. The van der Waals surface area contributed by atoms with Crippen molar-refractivity contribution in [1.29, 1.82) is 0 Å². The van der Waals surface area contributed by atoms with Crippen molar-refractivity contribution in [1.82, 2.24) is 14.7 Å². The number of phenolic OH excluding ortho intramolecular Hbond substituents is 1. The second-order valence-electron chi connectivity index (χ2n) is 6.26. The van der Waals surface area contributed by atoms with Gasteiger partial charge in [-0.1, -0.05) is 18.2 Å². The molecule has 1 saturated heterocycles. The molecule has 0 atom stereocenters. The summed E-state index contributed by atoms with van der Waals surface area (Å²) in [4.78, 5) is 25.2. The van der Waals surface area contributed by atoms with Crippen LogP contribution >= 0.6 is 11.8 Å². The number of carbonyl (C=O) groups is 1. The minimum Gasteiger partial charge on any atom is -0.508 e. The zero-order valence-electron chi connectivity index (χ0n) is 14.7. The minimum atomic E-state index is -0.466. The third kappa shape index (κ3) is 3.44. The molecule has 4 rings (SSSR count). The monoisotopic (exact) mass is 396 g/mol. The maximum Gasteiger partial charge on any atom is 0.275 e. The highest BCUT2D eigenvalue weighted by atomic mass is 32.2. The number of hydrogen-bond donors (Lipinski definition) is 1. The molecule has 1 fully saturated rings. The topological polar surface area (TPSA) is 101 Å². The maximum atomic E-state index is 12.8. The number of nitrogens with zero attached hydrogens (tertiary/aromatic N) is 4. The van der Waals surface area contributed by atoms with E-state index in [2.05, 4.69) is 5.10 Å². The molecule has 0 aliphatic carbocycles. The van der Waals surface area contributed by atoms with E-state index in [-0.39, 0.29) is 23.0 Å². The molecule has 142 valence electrons. The molecule has 0 radical (unpaired) electrons. The highest BCUT2D eigenvalue weighted by Crippen LogP contribution is 2.29. The summed E-state index contributed by atoms with van der Waals surface area (Å²) in [5, 5.41) is 25.4. The number of thioether (sulfide) groups is 1. The van der Waals surface area contributed by atoms with Gasteiger partial charge in [0.2, 0.25) is 0 Å². The number of nitro benzene ring substituents is 1. The van der Waals surface area contributed by atoms with E-state index < -0.39 is 4.92 Å². The number of hydrogen-bond acceptors (Lipinski definition) is 6. The highest BCUT2D eigenvalue weighted by Gasteiger charge is 2.24. The summed E-state index contributed by atoms with van der Waals surface area (Å²) < 4.78 is 1.52. The Morgan fingerprint density at radius 3 is 2.71 bits per heavy atom. The first-order valence-electron chi connectivity index (χ1n) is 8.54. The predicted molar refractivity (Wildman–Crippen MR) is 106 cm³/mol. The zero-order valence-corrected chi connectivity index (χ0v) is 15.5. The standard InChI is InChI=1S/C19H16N4O4S/c24-16-6-2-4-14(10-16)22-18(13-3-1-5-15(9-13)23(26)27)11-17(20-22)19(25)21-7-8-28-12-21/h1-6,9-11,24H,7-8,12H2. The Balaban J connectivity index is 1.84. The normalized spacial score (nSPS) is 13.6.